The van der Waals surface area contributed by atoms with Gasteiger partial charge in [-0.15, -0.1) is 0 Å². The Bertz CT molecular complexity index is 590. The van der Waals surface area contributed by atoms with E-state index in [9.17, 15) is 4.79 Å². The lowest BCUT2D eigenvalue weighted by Gasteiger charge is -2.11. The van der Waals surface area contributed by atoms with Crippen molar-refractivity contribution in [2.45, 2.75) is 13.8 Å². The first-order valence-corrected chi connectivity index (χ1v) is 6.61. The fourth-order valence-electron chi connectivity index (χ4n) is 2.16. The molecule has 0 heterocycles. The number of carbonyl (C=O) groups excluding carboxylic acids is 1. The Morgan fingerprint density at radius 2 is 1.65 bits per heavy atom. The van der Waals surface area contributed by atoms with Crippen molar-refractivity contribution in [2.24, 2.45) is 0 Å². The second kappa shape index (κ2) is 6.71. The van der Waals surface area contributed by atoms with Crippen molar-refractivity contribution in [3.63, 3.8) is 0 Å². The van der Waals surface area contributed by atoms with Crippen molar-refractivity contribution in [3.8, 4) is 5.75 Å². The van der Waals surface area contributed by atoms with Crippen LogP contribution in [0.15, 0.2) is 48.5 Å². The zero-order valence-corrected chi connectivity index (χ0v) is 11.8. The Labute approximate surface area is 119 Å². The molecule has 2 nitrogen and oxygen atoms in total. The van der Waals surface area contributed by atoms with Gasteiger partial charge in [-0.25, -0.2) is 0 Å². The molecule has 0 aliphatic heterocycles. The van der Waals surface area contributed by atoms with E-state index in [1.807, 2.05) is 68.5 Å². The number of rotatable bonds is 5. The van der Waals surface area contributed by atoms with Gasteiger partial charge in [-0.3, -0.25) is 4.79 Å². The minimum absolute atomic E-state index is 0.511. The standard InChI is InChI=1S/C18H18O2/c1-14-11-17(13-19)12-15(2)18(14)20-10-6-9-16-7-4-3-5-8-16/h3-9,11-13H,10H2,1-2H3/b9-6+. The molecule has 2 aromatic rings. The summed E-state index contributed by atoms with van der Waals surface area (Å²) in [5.74, 6) is 0.855. The van der Waals surface area contributed by atoms with Crippen LogP contribution in [0.3, 0.4) is 0 Å². The lowest BCUT2D eigenvalue weighted by molar-refractivity contribution is 0.112. The van der Waals surface area contributed by atoms with Crippen molar-refractivity contribution in [1.82, 2.24) is 0 Å². The second-order valence-electron chi connectivity index (χ2n) is 4.73. The third-order valence-corrected chi connectivity index (χ3v) is 3.05. The summed E-state index contributed by atoms with van der Waals surface area (Å²) in [6.07, 6.45) is 4.88. The molecule has 0 saturated carbocycles. The average Bonchev–Trinajstić information content (AvgIpc) is 2.46. The molecule has 0 atom stereocenters. The molecular weight excluding hydrogens is 248 g/mol. The molecule has 0 unspecified atom stereocenters. The van der Waals surface area contributed by atoms with E-state index in [1.165, 1.54) is 0 Å². The summed E-state index contributed by atoms with van der Waals surface area (Å²) in [4.78, 5) is 10.8. The van der Waals surface area contributed by atoms with Gasteiger partial charge in [-0.2, -0.15) is 0 Å². The number of hydrogen-bond acceptors (Lipinski definition) is 2. The van der Waals surface area contributed by atoms with Crippen molar-refractivity contribution in [3.05, 3.63) is 70.8 Å². The fourth-order valence-corrected chi connectivity index (χ4v) is 2.16. The molecule has 2 heteroatoms. The topological polar surface area (TPSA) is 26.3 Å². The van der Waals surface area contributed by atoms with Gasteiger partial charge in [0.1, 0.15) is 18.6 Å². The quantitative estimate of drug-likeness (QED) is 0.758. The average molecular weight is 266 g/mol. The zero-order valence-electron chi connectivity index (χ0n) is 11.8. The van der Waals surface area contributed by atoms with E-state index in [-0.39, 0.29) is 0 Å². The maximum absolute atomic E-state index is 10.8. The highest BCUT2D eigenvalue weighted by atomic mass is 16.5. The van der Waals surface area contributed by atoms with Gasteiger partial charge in [0.15, 0.2) is 0 Å². The highest BCUT2D eigenvalue weighted by Gasteiger charge is 2.05. The molecule has 0 aromatic heterocycles. The fraction of sp³-hybridized carbons (Fsp3) is 0.167. The van der Waals surface area contributed by atoms with Crippen LogP contribution in [-0.4, -0.2) is 12.9 Å². The maximum atomic E-state index is 10.8. The Morgan fingerprint density at radius 3 is 2.25 bits per heavy atom. The Balaban J connectivity index is 2.01. The molecule has 0 aliphatic carbocycles. The Hall–Kier alpha value is -2.35. The highest BCUT2D eigenvalue weighted by Crippen LogP contribution is 2.24. The molecule has 0 amide bonds. The molecule has 0 fully saturated rings. The van der Waals surface area contributed by atoms with Gasteiger partial charge in [-0.05, 0) is 48.7 Å². The van der Waals surface area contributed by atoms with E-state index in [0.717, 1.165) is 28.7 Å². The van der Waals surface area contributed by atoms with Crippen LogP contribution < -0.4 is 4.74 Å². The largest absolute Gasteiger partial charge is 0.489 e. The van der Waals surface area contributed by atoms with Crippen molar-refractivity contribution >= 4 is 12.4 Å². The van der Waals surface area contributed by atoms with Crippen LogP contribution in [0.2, 0.25) is 0 Å². The lowest BCUT2D eigenvalue weighted by atomic mass is 10.1. The van der Waals surface area contributed by atoms with E-state index in [0.29, 0.717) is 12.2 Å². The van der Waals surface area contributed by atoms with E-state index in [4.69, 9.17) is 4.74 Å². The van der Waals surface area contributed by atoms with E-state index in [2.05, 4.69) is 0 Å². The molecule has 0 aliphatic rings. The summed E-state index contributed by atoms with van der Waals surface area (Å²) in [5, 5.41) is 0. The molecule has 0 radical (unpaired) electrons. The minimum atomic E-state index is 0.511. The zero-order chi connectivity index (χ0) is 14.4. The van der Waals surface area contributed by atoms with Crippen LogP contribution in [0.1, 0.15) is 27.0 Å². The minimum Gasteiger partial charge on any atom is -0.489 e. The number of ether oxygens (including phenoxy) is 1. The van der Waals surface area contributed by atoms with Gasteiger partial charge in [0.25, 0.3) is 0 Å². The number of aryl methyl sites for hydroxylation is 2. The predicted octanol–water partition coefficient (Wildman–Crippen LogP) is 4.21. The summed E-state index contributed by atoms with van der Waals surface area (Å²) >= 11 is 0. The third-order valence-electron chi connectivity index (χ3n) is 3.05. The number of hydrogen-bond donors (Lipinski definition) is 0. The van der Waals surface area contributed by atoms with Gasteiger partial charge in [0, 0.05) is 5.56 Å². The summed E-state index contributed by atoms with van der Waals surface area (Å²) in [6, 6.07) is 13.8. The smallest absolute Gasteiger partial charge is 0.150 e. The highest BCUT2D eigenvalue weighted by molar-refractivity contribution is 5.76. The van der Waals surface area contributed by atoms with Crippen LogP contribution >= 0.6 is 0 Å². The summed E-state index contributed by atoms with van der Waals surface area (Å²) in [7, 11) is 0. The summed E-state index contributed by atoms with van der Waals surface area (Å²) < 4.78 is 5.79. The van der Waals surface area contributed by atoms with Crippen LogP contribution in [0.4, 0.5) is 0 Å². The monoisotopic (exact) mass is 266 g/mol. The van der Waals surface area contributed by atoms with Crippen LogP contribution in [0, 0.1) is 13.8 Å². The molecule has 2 rings (SSSR count). The van der Waals surface area contributed by atoms with E-state index < -0.39 is 0 Å². The molecule has 2 aromatic carbocycles. The first-order chi connectivity index (χ1) is 9.70. The molecule has 20 heavy (non-hydrogen) atoms. The van der Waals surface area contributed by atoms with Crippen LogP contribution in [-0.2, 0) is 0 Å². The van der Waals surface area contributed by atoms with Crippen molar-refractivity contribution in [2.75, 3.05) is 6.61 Å². The number of carbonyl (C=O) groups is 1. The second-order valence-corrected chi connectivity index (χ2v) is 4.73. The molecule has 0 saturated heterocycles. The van der Waals surface area contributed by atoms with Gasteiger partial charge >= 0.3 is 0 Å². The van der Waals surface area contributed by atoms with Crippen molar-refractivity contribution < 1.29 is 9.53 Å². The first kappa shape index (κ1) is 14.1. The molecule has 0 bridgehead atoms. The molecule has 102 valence electrons. The van der Waals surface area contributed by atoms with E-state index in [1.54, 1.807) is 0 Å². The normalized spacial score (nSPS) is 10.7. The van der Waals surface area contributed by atoms with Gasteiger partial charge in [-0.1, -0.05) is 36.4 Å². The summed E-state index contributed by atoms with van der Waals surface area (Å²) in [5.41, 5.74) is 3.81. The van der Waals surface area contributed by atoms with Crippen molar-refractivity contribution in [1.29, 1.82) is 0 Å². The lowest BCUT2D eigenvalue weighted by Crippen LogP contribution is -1.99. The van der Waals surface area contributed by atoms with Gasteiger partial charge in [0.2, 0.25) is 0 Å². The van der Waals surface area contributed by atoms with Crippen LogP contribution in [0.5, 0.6) is 5.75 Å². The van der Waals surface area contributed by atoms with Crippen LogP contribution in [0.25, 0.3) is 6.08 Å². The Morgan fingerprint density at radius 1 is 1.00 bits per heavy atom. The molecular formula is C18H18O2. The summed E-state index contributed by atoms with van der Waals surface area (Å²) in [6.45, 7) is 4.42. The molecule has 0 N–H and O–H groups in total. The SMILES string of the molecule is Cc1cc(C=O)cc(C)c1OC/C=C/c1ccccc1. The molecule has 0 spiro atoms. The number of aldehydes is 1. The Kier molecular flexibility index (Phi) is 4.72. The van der Waals surface area contributed by atoms with Gasteiger partial charge < -0.3 is 4.74 Å². The first-order valence-electron chi connectivity index (χ1n) is 6.61. The van der Waals surface area contributed by atoms with E-state index >= 15 is 0 Å². The predicted molar refractivity (Wildman–Crippen MR) is 82.3 cm³/mol. The maximum Gasteiger partial charge on any atom is 0.150 e. The third kappa shape index (κ3) is 3.58. The number of benzene rings is 2. The van der Waals surface area contributed by atoms with Gasteiger partial charge in [0.05, 0.1) is 0 Å².